The molecule has 16 heavy (non-hydrogen) atoms. The summed E-state index contributed by atoms with van der Waals surface area (Å²) in [6, 6.07) is 1.56. The third-order valence-corrected chi connectivity index (χ3v) is 2.57. The van der Waals surface area contributed by atoms with E-state index in [0.717, 1.165) is 16.9 Å². The summed E-state index contributed by atoms with van der Waals surface area (Å²) >= 11 is 0. The SMILES string of the molecule is CC(C)c1cc2ncc(C(N)CO)cn2n1. The molecule has 0 amide bonds. The van der Waals surface area contributed by atoms with E-state index in [9.17, 15) is 0 Å². The molecule has 1 atom stereocenters. The third-order valence-electron chi connectivity index (χ3n) is 2.57. The van der Waals surface area contributed by atoms with E-state index in [-0.39, 0.29) is 6.61 Å². The van der Waals surface area contributed by atoms with Crippen molar-refractivity contribution in [3.63, 3.8) is 0 Å². The van der Waals surface area contributed by atoms with Crippen LogP contribution in [0.4, 0.5) is 0 Å². The van der Waals surface area contributed by atoms with Crippen LogP contribution in [-0.4, -0.2) is 26.3 Å². The maximum atomic E-state index is 8.97. The standard InChI is InChI=1S/C11H16N4O/c1-7(2)10-3-11-13-4-8(9(12)6-16)5-15(11)14-10/h3-5,7,9,16H,6,12H2,1-2H3. The smallest absolute Gasteiger partial charge is 0.155 e. The number of hydrogen-bond donors (Lipinski definition) is 2. The topological polar surface area (TPSA) is 76.4 Å². The number of aromatic nitrogens is 3. The number of hydrogen-bond acceptors (Lipinski definition) is 4. The molecule has 2 aromatic heterocycles. The lowest BCUT2D eigenvalue weighted by atomic mass is 10.1. The minimum Gasteiger partial charge on any atom is -0.394 e. The molecule has 0 bridgehead atoms. The molecule has 2 rings (SSSR count). The van der Waals surface area contributed by atoms with Crippen molar-refractivity contribution in [3.8, 4) is 0 Å². The molecule has 0 saturated carbocycles. The van der Waals surface area contributed by atoms with Crippen LogP contribution in [0.25, 0.3) is 5.65 Å². The van der Waals surface area contributed by atoms with Crippen molar-refractivity contribution in [1.82, 2.24) is 14.6 Å². The highest BCUT2D eigenvalue weighted by atomic mass is 16.3. The van der Waals surface area contributed by atoms with E-state index in [4.69, 9.17) is 10.8 Å². The lowest BCUT2D eigenvalue weighted by Gasteiger charge is -2.07. The zero-order valence-electron chi connectivity index (χ0n) is 9.46. The molecule has 0 aromatic carbocycles. The number of rotatable bonds is 3. The van der Waals surface area contributed by atoms with Gasteiger partial charge in [-0.3, -0.25) is 0 Å². The molecule has 86 valence electrons. The number of nitrogens with zero attached hydrogens (tertiary/aromatic N) is 3. The van der Waals surface area contributed by atoms with Crippen LogP contribution in [0.15, 0.2) is 18.5 Å². The van der Waals surface area contributed by atoms with E-state index >= 15 is 0 Å². The molecule has 0 aliphatic rings. The number of fused-ring (bicyclic) bond motifs is 1. The second-order valence-electron chi connectivity index (χ2n) is 4.20. The first kappa shape index (κ1) is 11.0. The van der Waals surface area contributed by atoms with E-state index < -0.39 is 6.04 Å². The maximum absolute atomic E-state index is 8.97. The van der Waals surface area contributed by atoms with Crippen molar-refractivity contribution in [2.45, 2.75) is 25.8 Å². The van der Waals surface area contributed by atoms with Crippen LogP contribution in [0.5, 0.6) is 0 Å². The number of nitrogens with two attached hydrogens (primary N) is 1. The Labute approximate surface area is 93.9 Å². The van der Waals surface area contributed by atoms with E-state index in [0.29, 0.717) is 5.92 Å². The largest absolute Gasteiger partial charge is 0.394 e. The summed E-state index contributed by atoms with van der Waals surface area (Å²) in [5.41, 5.74) is 8.31. The van der Waals surface area contributed by atoms with Gasteiger partial charge in [-0.05, 0) is 5.92 Å². The molecular weight excluding hydrogens is 204 g/mol. The maximum Gasteiger partial charge on any atom is 0.155 e. The van der Waals surface area contributed by atoms with Gasteiger partial charge in [0, 0.05) is 24.0 Å². The molecule has 5 heteroatoms. The van der Waals surface area contributed by atoms with Gasteiger partial charge in [0.15, 0.2) is 5.65 Å². The van der Waals surface area contributed by atoms with Gasteiger partial charge < -0.3 is 10.8 Å². The summed E-state index contributed by atoms with van der Waals surface area (Å²) < 4.78 is 1.71. The molecular formula is C11H16N4O. The lowest BCUT2D eigenvalue weighted by molar-refractivity contribution is 0.267. The van der Waals surface area contributed by atoms with Crippen LogP contribution in [0.1, 0.15) is 37.1 Å². The molecule has 0 aliphatic heterocycles. The third kappa shape index (κ3) is 1.91. The Morgan fingerprint density at radius 3 is 2.88 bits per heavy atom. The summed E-state index contributed by atoms with van der Waals surface area (Å²) in [4.78, 5) is 4.26. The predicted molar refractivity (Wildman–Crippen MR) is 61.1 cm³/mol. The highest BCUT2D eigenvalue weighted by Gasteiger charge is 2.09. The van der Waals surface area contributed by atoms with Crippen molar-refractivity contribution in [2.24, 2.45) is 5.73 Å². The summed E-state index contributed by atoms with van der Waals surface area (Å²) in [5, 5.41) is 13.4. The summed E-state index contributed by atoms with van der Waals surface area (Å²) in [7, 11) is 0. The molecule has 2 heterocycles. The second kappa shape index (κ2) is 4.19. The van der Waals surface area contributed by atoms with Gasteiger partial charge in [0.1, 0.15) is 0 Å². The molecule has 2 aromatic rings. The van der Waals surface area contributed by atoms with Crippen LogP contribution in [-0.2, 0) is 0 Å². The van der Waals surface area contributed by atoms with Crippen LogP contribution in [0.2, 0.25) is 0 Å². The number of aliphatic hydroxyl groups excluding tert-OH is 1. The van der Waals surface area contributed by atoms with E-state index in [1.54, 1.807) is 10.7 Å². The van der Waals surface area contributed by atoms with E-state index in [2.05, 4.69) is 23.9 Å². The Morgan fingerprint density at radius 1 is 1.50 bits per heavy atom. The summed E-state index contributed by atoms with van der Waals surface area (Å²) in [5.74, 6) is 0.372. The van der Waals surface area contributed by atoms with Crippen molar-refractivity contribution in [1.29, 1.82) is 0 Å². The quantitative estimate of drug-likeness (QED) is 0.803. The first-order chi connectivity index (χ1) is 7.61. The lowest BCUT2D eigenvalue weighted by Crippen LogP contribution is -2.15. The molecule has 1 unspecified atom stereocenters. The van der Waals surface area contributed by atoms with Gasteiger partial charge in [-0.2, -0.15) is 5.10 Å². The van der Waals surface area contributed by atoms with Gasteiger partial charge in [-0.15, -0.1) is 0 Å². The second-order valence-corrected chi connectivity index (χ2v) is 4.20. The molecule has 0 aliphatic carbocycles. The minimum atomic E-state index is -0.399. The Bertz CT molecular complexity index is 492. The van der Waals surface area contributed by atoms with Gasteiger partial charge in [0.25, 0.3) is 0 Å². The molecule has 0 spiro atoms. The fourth-order valence-corrected chi connectivity index (χ4v) is 1.49. The minimum absolute atomic E-state index is 0.0918. The Morgan fingerprint density at radius 2 is 2.25 bits per heavy atom. The van der Waals surface area contributed by atoms with Gasteiger partial charge >= 0.3 is 0 Å². The molecule has 0 saturated heterocycles. The fourth-order valence-electron chi connectivity index (χ4n) is 1.49. The highest BCUT2D eigenvalue weighted by Crippen LogP contribution is 2.15. The number of aliphatic hydroxyl groups is 1. The first-order valence-electron chi connectivity index (χ1n) is 5.33. The zero-order valence-corrected chi connectivity index (χ0v) is 9.46. The van der Waals surface area contributed by atoms with Crippen LogP contribution in [0.3, 0.4) is 0 Å². The summed E-state index contributed by atoms with van der Waals surface area (Å²) in [6.07, 6.45) is 3.50. The average Bonchev–Trinajstić information content (AvgIpc) is 2.70. The van der Waals surface area contributed by atoms with Crippen LogP contribution in [0, 0.1) is 0 Å². The predicted octanol–water partition coefficient (Wildman–Crippen LogP) is 0.845. The first-order valence-corrected chi connectivity index (χ1v) is 5.33. The monoisotopic (exact) mass is 220 g/mol. The molecule has 0 radical (unpaired) electrons. The zero-order chi connectivity index (χ0) is 11.7. The molecule has 5 nitrogen and oxygen atoms in total. The van der Waals surface area contributed by atoms with Gasteiger partial charge in [-0.25, -0.2) is 9.50 Å². The Hall–Kier alpha value is -1.46. The van der Waals surface area contributed by atoms with Gasteiger partial charge in [0.2, 0.25) is 0 Å². The van der Waals surface area contributed by atoms with Crippen molar-refractivity contribution >= 4 is 5.65 Å². The van der Waals surface area contributed by atoms with Gasteiger partial charge in [0.05, 0.1) is 18.3 Å². The normalized spacial score (nSPS) is 13.6. The van der Waals surface area contributed by atoms with E-state index in [1.165, 1.54) is 0 Å². The summed E-state index contributed by atoms with van der Waals surface area (Å²) in [6.45, 7) is 4.08. The fraction of sp³-hybridized carbons (Fsp3) is 0.455. The average molecular weight is 220 g/mol. The van der Waals surface area contributed by atoms with Gasteiger partial charge in [-0.1, -0.05) is 13.8 Å². The molecule has 3 N–H and O–H groups in total. The van der Waals surface area contributed by atoms with Crippen molar-refractivity contribution in [3.05, 3.63) is 29.7 Å². The Kier molecular flexibility index (Phi) is 2.89. The van der Waals surface area contributed by atoms with Crippen molar-refractivity contribution in [2.75, 3.05) is 6.61 Å². The highest BCUT2D eigenvalue weighted by molar-refractivity contribution is 5.40. The Balaban J connectivity index is 2.45. The van der Waals surface area contributed by atoms with Crippen LogP contribution < -0.4 is 5.73 Å². The van der Waals surface area contributed by atoms with Crippen molar-refractivity contribution < 1.29 is 5.11 Å². The van der Waals surface area contributed by atoms with E-state index in [1.807, 2.05) is 12.3 Å². The molecule has 0 fully saturated rings. The van der Waals surface area contributed by atoms with Crippen LogP contribution >= 0.6 is 0 Å².